The van der Waals surface area contributed by atoms with E-state index in [2.05, 4.69) is 5.32 Å². The van der Waals surface area contributed by atoms with Crippen molar-refractivity contribution in [1.29, 1.82) is 0 Å². The number of para-hydroxylation sites is 1. The normalized spacial score (nSPS) is 15.4. The highest BCUT2D eigenvalue weighted by Crippen LogP contribution is 2.35. The largest absolute Gasteiger partial charge is 0.507 e. The highest BCUT2D eigenvalue weighted by Gasteiger charge is 2.24. The maximum atomic E-state index is 12.0. The van der Waals surface area contributed by atoms with Crippen LogP contribution in [0.2, 0.25) is 5.02 Å². The molecule has 2 N–H and O–H groups in total. The van der Waals surface area contributed by atoms with E-state index in [9.17, 15) is 9.90 Å². The second-order valence-corrected chi connectivity index (χ2v) is 4.70. The molecular weight excluding hydrogens is 262 g/mol. The Balaban J connectivity index is 2.12. The maximum absolute atomic E-state index is 12.0. The van der Waals surface area contributed by atoms with E-state index in [1.165, 1.54) is 0 Å². The summed E-state index contributed by atoms with van der Waals surface area (Å²) in [5.41, 5.74) is 2.61. The third kappa shape index (κ3) is 2.09. The number of hydrogen-bond acceptors (Lipinski definition) is 2. The first-order chi connectivity index (χ1) is 9.15. The van der Waals surface area contributed by atoms with Crippen LogP contribution in [0.15, 0.2) is 42.5 Å². The van der Waals surface area contributed by atoms with Crippen LogP contribution in [0.25, 0.3) is 11.6 Å². The lowest BCUT2D eigenvalue weighted by Crippen LogP contribution is -2.03. The third-order valence-electron chi connectivity index (χ3n) is 3.00. The quantitative estimate of drug-likeness (QED) is 0.780. The Bertz CT molecular complexity index is 707. The van der Waals surface area contributed by atoms with Crippen molar-refractivity contribution in [1.82, 2.24) is 0 Å². The standard InChI is InChI=1S/C15H10ClNO2/c16-10-5-6-11-12(15(19)17-13(11)8-10)7-9-3-1-2-4-14(9)18/h1-8,18H,(H,17,19)/b12-7+. The van der Waals surface area contributed by atoms with Gasteiger partial charge in [-0.3, -0.25) is 4.79 Å². The zero-order valence-corrected chi connectivity index (χ0v) is 10.6. The smallest absolute Gasteiger partial charge is 0.256 e. The summed E-state index contributed by atoms with van der Waals surface area (Å²) in [5.74, 6) is -0.0502. The van der Waals surface area contributed by atoms with Crippen molar-refractivity contribution < 1.29 is 9.90 Å². The molecule has 0 spiro atoms. The third-order valence-corrected chi connectivity index (χ3v) is 3.24. The lowest BCUT2D eigenvalue weighted by molar-refractivity contribution is -0.110. The predicted octanol–water partition coefficient (Wildman–Crippen LogP) is 3.54. The summed E-state index contributed by atoms with van der Waals surface area (Å²) in [5, 5.41) is 13.1. The van der Waals surface area contributed by atoms with Crippen molar-refractivity contribution >= 4 is 34.8 Å². The van der Waals surface area contributed by atoms with Gasteiger partial charge in [-0.2, -0.15) is 0 Å². The SMILES string of the molecule is O=C1Nc2cc(Cl)ccc2/C1=C\c1ccccc1O. The molecule has 0 aromatic heterocycles. The molecule has 1 aliphatic heterocycles. The molecule has 0 aliphatic carbocycles. The monoisotopic (exact) mass is 271 g/mol. The van der Waals surface area contributed by atoms with E-state index in [1.807, 2.05) is 6.07 Å². The van der Waals surface area contributed by atoms with Gasteiger partial charge in [0.05, 0.1) is 5.69 Å². The van der Waals surface area contributed by atoms with E-state index in [1.54, 1.807) is 42.5 Å². The van der Waals surface area contributed by atoms with Crippen LogP contribution in [0.3, 0.4) is 0 Å². The summed E-state index contributed by atoms with van der Waals surface area (Å²) in [7, 11) is 0. The Kier molecular flexibility index (Phi) is 2.76. The van der Waals surface area contributed by atoms with Crippen LogP contribution in [0.1, 0.15) is 11.1 Å². The van der Waals surface area contributed by atoms with Gasteiger partial charge in [0.25, 0.3) is 5.91 Å². The van der Waals surface area contributed by atoms with Crippen molar-refractivity contribution in [2.75, 3.05) is 5.32 Å². The lowest BCUT2D eigenvalue weighted by atomic mass is 10.0. The van der Waals surface area contributed by atoms with Gasteiger partial charge in [-0.1, -0.05) is 35.9 Å². The van der Waals surface area contributed by atoms with E-state index < -0.39 is 0 Å². The summed E-state index contributed by atoms with van der Waals surface area (Å²) >= 11 is 5.89. The van der Waals surface area contributed by atoms with Crippen LogP contribution in [-0.4, -0.2) is 11.0 Å². The van der Waals surface area contributed by atoms with Crippen LogP contribution in [0.4, 0.5) is 5.69 Å². The molecule has 1 heterocycles. The highest BCUT2D eigenvalue weighted by molar-refractivity contribution is 6.36. The first kappa shape index (κ1) is 11.8. The first-order valence-corrected chi connectivity index (χ1v) is 6.14. The minimum atomic E-state index is -0.194. The molecule has 0 radical (unpaired) electrons. The van der Waals surface area contributed by atoms with Gasteiger partial charge in [-0.05, 0) is 24.3 Å². The molecule has 0 saturated heterocycles. The van der Waals surface area contributed by atoms with Crippen molar-refractivity contribution in [3.05, 3.63) is 58.6 Å². The second kappa shape index (κ2) is 4.44. The number of fused-ring (bicyclic) bond motifs is 1. The summed E-state index contributed by atoms with van der Waals surface area (Å²) in [6.07, 6.45) is 1.67. The summed E-state index contributed by atoms with van der Waals surface area (Å²) in [6.45, 7) is 0. The Morgan fingerprint density at radius 2 is 1.95 bits per heavy atom. The Morgan fingerprint density at radius 1 is 1.16 bits per heavy atom. The molecule has 0 bridgehead atoms. The first-order valence-electron chi connectivity index (χ1n) is 5.76. The van der Waals surface area contributed by atoms with Crippen molar-refractivity contribution in [3.8, 4) is 5.75 Å². The molecule has 0 unspecified atom stereocenters. The molecule has 4 heteroatoms. The fraction of sp³-hybridized carbons (Fsp3) is 0. The number of amides is 1. The summed E-state index contributed by atoms with van der Waals surface area (Å²) in [4.78, 5) is 12.0. The number of anilines is 1. The Labute approximate surface area is 115 Å². The number of phenols is 1. The Hall–Kier alpha value is -2.26. The van der Waals surface area contributed by atoms with Gasteiger partial charge in [0, 0.05) is 21.7 Å². The molecule has 94 valence electrons. The van der Waals surface area contributed by atoms with Crippen LogP contribution >= 0.6 is 11.6 Å². The predicted molar refractivity (Wildman–Crippen MR) is 76.1 cm³/mol. The molecule has 1 aliphatic rings. The topological polar surface area (TPSA) is 49.3 Å². The number of hydrogen-bond donors (Lipinski definition) is 2. The number of halogens is 1. The number of nitrogens with one attached hydrogen (secondary N) is 1. The van der Waals surface area contributed by atoms with Crippen LogP contribution in [-0.2, 0) is 4.79 Å². The number of aromatic hydroxyl groups is 1. The minimum absolute atomic E-state index is 0.144. The van der Waals surface area contributed by atoms with Gasteiger partial charge >= 0.3 is 0 Å². The fourth-order valence-corrected chi connectivity index (χ4v) is 2.25. The Morgan fingerprint density at radius 3 is 2.74 bits per heavy atom. The zero-order chi connectivity index (χ0) is 13.4. The average molecular weight is 272 g/mol. The van der Waals surface area contributed by atoms with Gasteiger partial charge in [0.1, 0.15) is 5.75 Å². The van der Waals surface area contributed by atoms with E-state index in [4.69, 9.17) is 11.6 Å². The molecular formula is C15H10ClNO2. The lowest BCUT2D eigenvalue weighted by Gasteiger charge is -2.01. The van der Waals surface area contributed by atoms with E-state index in [-0.39, 0.29) is 11.7 Å². The number of phenolic OH excluding ortho intramolecular Hbond substituents is 1. The molecule has 0 saturated carbocycles. The van der Waals surface area contributed by atoms with Crippen LogP contribution in [0, 0.1) is 0 Å². The maximum Gasteiger partial charge on any atom is 0.256 e. The van der Waals surface area contributed by atoms with Gasteiger partial charge in [0.2, 0.25) is 0 Å². The molecule has 19 heavy (non-hydrogen) atoms. The molecule has 0 atom stereocenters. The molecule has 2 aromatic carbocycles. The molecule has 0 fully saturated rings. The number of rotatable bonds is 1. The summed E-state index contributed by atoms with van der Waals surface area (Å²) < 4.78 is 0. The van der Waals surface area contributed by atoms with Gasteiger partial charge in [0.15, 0.2) is 0 Å². The highest BCUT2D eigenvalue weighted by atomic mass is 35.5. The average Bonchev–Trinajstić information content (AvgIpc) is 2.68. The van der Waals surface area contributed by atoms with Crippen LogP contribution in [0.5, 0.6) is 5.75 Å². The molecule has 3 nitrogen and oxygen atoms in total. The van der Waals surface area contributed by atoms with Crippen molar-refractivity contribution in [2.24, 2.45) is 0 Å². The van der Waals surface area contributed by atoms with Gasteiger partial charge in [-0.25, -0.2) is 0 Å². The van der Waals surface area contributed by atoms with E-state index >= 15 is 0 Å². The number of carbonyl (C=O) groups is 1. The van der Waals surface area contributed by atoms with Crippen molar-refractivity contribution in [2.45, 2.75) is 0 Å². The van der Waals surface area contributed by atoms with E-state index in [0.717, 1.165) is 5.56 Å². The fourth-order valence-electron chi connectivity index (χ4n) is 2.08. The molecule has 2 aromatic rings. The minimum Gasteiger partial charge on any atom is -0.507 e. The molecule has 1 amide bonds. The summed E-state index contributed by atoms with van der Waals surface area (Å²) in [6, 6.07) is 12.1. The van der Waals surface area contributed by atoms with Gasteiger partial charge < -0.3 is 10.4 Å². The van der Waals surface area contributed by atoms with Crippen LogP contribution < -0.4 is 5.32 Å². The van der Waals surface area contributed by atoms with E-state index in [0.29, 0.717) is 21.8 Å². The van der Waals surface area contributed by atoms with Gasteiger partial charge in [-0.15, -0.1) is 0 Å². The second-order valence-electron chi connectivity index (χ2n) is 4.26. The molecule has 3 rings (SSSR count). The number of benzene rings is 2. The number of carbonyl (C=O) groups excluding carboxylic acids is 1. The zero-order valence-electron chi connectivity index (χ0n) is 9.85. The van der Waals surface area contributed by atoms with Crippen molar-refractivity contribution in [3.63, 3.8) is 0 Å².